The summed E-state index contributed by atoms with van der Waals surface area (Å²) in [4.78, 5) is 0. The molecule has 0 saturated heterocycles. The molecule has 0 radical (unpaired) electrons. The fourth-order valence-electron chi connectivity index (χ4n) is 3.94. The highest BCUT2D eigenvalue weighted by molar-refractivity contribution is 5.91. The van der Waals surface area contributed by atoms with Crippen LogP contribution in [-0.2, 0) is 0 Å². The summed E-state index contributed by atoms with van der Waals surface area (Å²) in [5.41, 5.74) is 10.7. The van der Waals surface area contributed by atoms with E-state index in [0.717, 1.165) is 0 Å². The molecule has 130 valence electrons. The maximum absolute atomic E-state index is 2.32. The van der Waals surface area contributed by atoms with E-state index in [1.54, 1.807) is 0 Å². The van der Waals surface area contributed by atoms with E-state index in [0.29, 0.717) is 11.8 Å². The van der Waals surface area contributed by atoms with E-state index in [2.05, 4.69) is 101 Å². The fraction of sp³-hybridized carbons (Fsp3) is 0.231. The van der Waals surface area contributed by atoms with Crippen molar-refractivity contribution >= 4 is 24.3 Å². The Morgan fingerprint density at radius 3 is 1.35 bits per heavy atom. The molecule has 0 aliphatic heterocycles. The van der Waals surface area contributed by atoms with Crippen LogP contribution in [0.5, 0.6) is 0 Å². The number of hydrogen-bond acceptors (Lipinski definition) is 0. The number of aryl methyl sites for hydroxylation is 2. The van der Waals surface area contributed by atoms with Gasteiger partial charge in [-0.25, -0.2) is 0 Å². The van der Waals surface area contributed by atoms with Crippen LogP contribution in [-0.4, -0.2) is 0 Å². The number of fused-ring (bicyclic) bond motifs is 2. The van der Waals surface area contributed by atoms with E-state index < -0.39 is 0 Å². The molecule has 2 aromatic rings. The number of hydrogen-bond donors (Lipinski definition) is 0. The first-order chi connectivity index (χ1) is 12.5. The minimum Gasteiger partial charge on any atom is -0.0773 e. The van der Waals surface area contributed by atoms with E-state index in [-0.39, 0.29) is 0 Å². The summed E-state index contributed by atoms with van der Waals surface area (Å²) in [6.07, 6.45) is 18.4. The van der Waals surface area contributed by atoms with Crippen molar-refractivity contribution in [3.05, 3.63) is 82.0 Å². The van der Waals surface area contributed by atoms with Crippen molar-refractivity contribution in [3.8, 4) is 11.1 Å². The van der Waals surface area contributed by atoms with E-state index in [1.807, 2.05) is 0 Å². The van der Waals surface area contributed by atoms with Gasteiger partial charge in [0.05, 0.1) is 0 Å². The molecule has 0 heteroatoms. The lowest BCUT2D eigenvalue weighted by Gasteiger charge is -2.19. The second-order valence-corrected chi connectivity index (χ2v) is 7.68. The molecule has 2 unspecified atom stereocenters. The van der Waals surface area contributed by atoms with Gasteiger partial charge in [0.1, 0.15) is 0 Å². The fourth-order valence-corrected chi connectivity index (χ4v) is 3.94. The zero-order chi connectivity index (χ0) is 18.3. The van der Waals surface area contributed by atoms with Crippen LogP contribution >= 0.6 is 0 Å². The van der Waals surface area contributed by atoms with Gasteiger partial charge in [0.2, 0.25) is 0 Å². The van der Waals surface area contributed by atoms with Gasteiger partial charge in [0.25, 0.3) is 0 Å². The zero-order valence-corrected chi connectivity index (χ0v) is 16.1. The van der Waals surface area contributed by atoms with Gasteiger partial charge < -0.3 is 0 Å². The van der Waals surface area contributed by atoms with Gasteiger partial charge in [-0.15, -0.1) is 0 Å². The van der Waals surface area contributed by atoms with Crippen LogP contribution in [0.15, 0.2) is 48.6 Å². The Morgan fingerprint density at radius 2 is 0.923 bits per heavy atom. The summed E-state index contributed by atoms with van der Waals surface area (Å²) in [6, 6.07) is 9.03. The van der Waals surface area contributed by atoms with Gasteiger partial charge in [0, 0.05) is 0 Å². The normalized spacial score (nSPS) is 20.5. The Hall–Kier alpha value is -2.60. The maximum atomic E-state index is 2.32. The van der Waals surface area contributed by atoms with Crippen molar-refractivity contribution < 1.29 is 0 Å². The van der Waals surface area contributed by atoms with E-state index in [1.165, 1.54) is 44.5 Å². The van der Waals surface area contributed by atoms with Crippen LogP contribution in [0, 0.1) is 25.7 Å². The lowest BCUT2D eigenvalue weighted by molar-refractivity contribution is 0.954. The third-order valence-corrected chi connectivity index (χ3v) is 5.52. The van der Waals surface area contributed by atoms with Gasteiger partial charge >= 0.3 is 0 Å². The van der Waals surface area contributed by atoms with Gasteiger partial charge in [0.15, 0.2) is 0 Å². The van der Waals surface area contributed by atoms with Crippen LogP contribution in [0.4, 0.5) is 0 Å². The van der Waals surface area contributed by atoms with Gasteiger partial charge in [-0.1, -0.05) is 86.7 Å². The quantitative estimate of drug-likeness (QED) is 0.511. The molecule has 0 heterocycles. The predicted octanol–water partition coefficient (Wildman–Crippen LogP) is 7.32. The molecule has 2 atom stereocenters. The summed E-state index contributed by atoms with van der Waals surface area (Å²) < 4.78 is 0. The number of benzene rings is 2. The average Bonchev–Trinajstić information content (AvgIpc) is 2.93. The highest BCUT2D eigenvalue weighted by atomic mass is 14.2. The molecule has 0 bridgehead atoms. The SMILES string of the molecule is Cc1ccc2c(c1-c1c(C)ccc3c1C=CC(C)C=C3)C=CC(C)C=C2. The highest BCUT2D eigenvalue weighted by Gasteiger charge is 2.18. The smallest absolute Gasteiger partial charge is 0.00673 e. The van der Waals surface area contributed by atoms with Crippen molar-refractivity contribution in [2.75, 3.05) is 0 Å². The van der Waals surface area contributed by atoms with E-state index in [9.17, 15) is 0 Å². The molecule has 2 aliphatic rings. The zero-order valence-electron chi connectivity index (χ0n) is 16.1. The van der Waals surface area contributed by atoms with Crippen molar-refractivity contribution in [2.45, 2.75) is 27.7 Å². The molecule has 2 aliphatic carbocycles. The van der Waals surface area contributed by atoms with Gasteiger partial charge in [-0.05, 0) is 70.2 Å². The van der Waals surface area contributed by atoms with Gasteiger partial charge in [-0.2, -0.15) is 0 Å². The molecule has 0 spiro atoms. The first kappa shape index (κ1) is 16.8. The molecule has 2 aromatic carbocycles. The van der Waals surface area contributed by atoms with Crippen molar-refractivity contribution in [2.24, 2.45) is 11.8 Å². The molecule has 26 heavy (non-hydrogen) atoms. The molecule has 0 amide bonds. The van der Waals surface area contributed by atoms with Crippen LogP contribution in [0.3, 0.4) is 0 Å². The Morgan fingerprint density at radius 1 is 0.538 bits per heavy atom. The minimum atomic E-state index is 0.466. The highest BCUT2D eigenvalue weighted by Crippen LogP contribution is 2.40. The molecule has 4 rings (SSSR count). The molecule has 0 fully saturated rings. The first-order valence-corrected chi connectivity index (χ1v) is 9.55. The third-order valence-electron chi connectivity index (χ3n) is 5.52. The summed E-state index contributed by atoms with van der Waals surface area (Å²) in [7, 11) is 0. The second kappa shape index (κ2) is 6.61. The lowest BCUT2D eigenvalue weighted by atomic mass is 9.84. The van der Waals surface area contributed by atoms with E-state index in [4.69, 9.17) is 0 Å². The van der Waals surface area contributed by atoms with E-state index >= 15 is 0 Å². The monoisotopic (exact) mass is 338 g/mol. The third kappa shape index (κ3) is 2.90. The Bertz CT molecular complexity index is 898. The van der Waals surface area contributed by atoms with Crippen molar-refractivity contribution in [3.63, 3.8) is 0 Å². The van der Waals surface area contributed by atoms with Crippen molar-refractivity contribution in [1.29, 1.82) is 0 Å². The largest absolute Gasteiger partial charge is 0.0773 e. The molecule has 0 nitrogen and oxygen atoms in total. The molecular formula is C26H26. The lowest BCUT2D eigenvalue weighted by Crippen LogP contribution is -1.98. The topological polar surface area (TPSA) is 0 Å². The standard InChI is InChI=1S/C26H26/c1-17-5-11-21-13-9-19(3)25(23(21)15-7-17)26-20(4)10-14-22-12-6-18(2)8-16-24(22)26/h5-18H,1-4H3. The number of allylic oxidation sites excluding steroid dienone is 4. The first-order valence-electron chi connectivity index (χ1n) is 9.55. The average molecular weight is 338 g/mol. The Labute approximate surface area is 157 Å². The van der Waals surface area contributed by atoms with Crippen LogP contribution in [0.1, 0.15) is 47.2 Å². The maximum Gasteiger partial charge on any atom is -0.00673 e. The van der Waals surface area contributed by atoms with Crippen LogP contribution < -0.4 is 0 Å². The van der Waals surface area contributed by atoms with Crippen LogP contribution in [0.2, 0.25) is 0 Å². The molecule has 0 aromatic heterocycles. The minimum absolute atomic E-state index is 0.466. The van der Waals surface area contributed by atoms with Crippen LogP contribution in [0.25, 0.3) is 35.4 Å². The van der Waals surface area contributed by atoms with Gasteiger partial charge in [-0.3, -0.25) is 0 Å². The molecule has 0 saturated carbocycles. The second-order valence-electron chi connectivity index (χ2n) is 7.68. The summed E-state index contributed by atoms with van der Waals surface area (Å²) in [5, 5.41) is 0. The Balaban J connectivity index is 2.05. The Kier molecular flexibility index (Phi) is 4.28. The summed E-state index contributed by atoms with van der Waals surface area (Å²) >= 11 is 0. The molecule has 0 N–H and O–H groups in total. The summed E-state index contributed by atoms with van der Waals surface area (Å²) in [5.74, 6) is 0.932. The van der Waals surface area contributed by atoms with Crippen molar-refractivity contribution in [1.82, 2.24) is 0 Å². The summed E-state index contributed by atoms with van der Waals surface area (Å²) in [6.45, 7) is 8.94. The molecular weight excluding hydrogens is 312 g/mol. The predicted molar refractivity (Wildman–Crippen MR) is 116 cm³/mol. The number of rotatable bonds is 1.